The van der Waals surface area contributed by atoms with E-state index in [-0.39, 0.29) is 10.6 Å². The Morgan fingerprint density at radius 1 is 1.10 bits per heavy atom. The first-order valence-corrected chi connectivity index (χ1v) is 7.78. The van der Waals surface area contributed by atoms with Crippen molar-refractivity contribution in [1.82, 2.24) is 0 Å². The quantitative estimate of drug-likeness (QED) is 0.887. The van der Waals surface area contributed by atoms with Gasteiger partial charge in [-0.15, -0.1) is 0 Å². The number of halogens is 1. The van der Waals surface area contributed by atoms with Crippen molar-refractivity contribution < 1.29 is 12.8 Å². The predicted octanol–water partition coefficient (Wildman–Crippen LogP) is 2.85. The van der Waals surface area contributed by atoms with Crippen LogP contribution in [0.3, 0.4) is 0 Å². The summed E-state index contributed by atoms with van der Waals surface area (Å²) in [6.07, 6.45) is 0. The van der Waals surface area contributed by atoms with Gasteiger partial charge in [-0.2, -0.15) is 0 Å². The molecule has 2 N–H and O–H groups in total. The molecule has 0 radical (unpaired) electrons. The first-order chi connectivity index (χ1) is 9.73. The fraction of sp³-hybridized carbons (Fsp3) is 0.200. The van der Waals surface area contributed by atoms with Gasteiger partial charge in [0.05, 0.1) is 16.3 Å². The summed E-state index contributed by atoms with van der Waals surface area (Å²) in [6, 6.07) is 8.88. The summed E-state index contributed by atoms with van der Waals surface area (Å²) in [6.45, 7) is 3.78. The van der Waals surface area contributed by atoms with Gasteiger partial charge < -0.3 is 5.73 Å². The number of hydrogen-bond acceptors (Lipinski definition) is 3. The second-order valence-corrected chi connectivity index (χ2v) is 6.92. The van der Waals surface area contributed by atoms with Gasteiger partial charge in [0.25, 0.3) is 10.0 Å². The molecule has 0 bridgehead atoms. The second-order valence-electron chi connectivity index (χ2n) is 4.95. The molecule has 0 aliphatic heterocycles. The summed E-state index contributed by atoms with van der Waals surface area (Å²) in [7, 11) is -2.32. The first kappa shape index (κ1) is 15.3. The third-order valence-electron chi connectivity index (χ3n) is 3.32. The zero-order valence-electron chi connectivity index (χ0n) is 12.1. The molecular weight excluding hydrogens is 291 g/mol. The molecule has 0 aromatic heterocycles. The van der Waals surface area contributed by atoms with Gasteiger partial charge >= 0.3 is 0 Å². The first-order valence-electron chi connectivity index (χ1n) is 6.34. The van der Waals surface area contributed by atoms with Crippen LogP contribution in [-0.2, 0) is 10.0 Å². The number of aryl methyl sites for hydroxylation is 2. The maximum Gasteiger partial charge on any atom is 0.264 e. The van der Waals surface area contributed by atoms with E-state index in [0.717, 1.165) is 23.3 Å². The molecule has 0 saturated carbocycles. The molecule has 2 aromatic carbocycles. The number of hydrogen-bond donors (Lipinski definition) is 1. The molecule has 4 nitrogen and oxygen atoms in total. The summed E-state index contributed by atoms with van der Waals surface area (Å²) in [5, 5.41) is 0. The van der Waals surface area contributed by atoms with Crippen LogP contribution in [0.4, 0.5) is 15.8 Å². The normalized spacial score (nSPS) is 11.4. The van der Waals surface area contributed by atoms with E-state index in [1.54, 1.807) is 6.07 Å². The van der Waals surface area contributed by atoms with E-state index in [4.69, 9.17) is 5.73 Å². The largest absolute Gasteiger partial charge is 0.396 e. The van der Waals surface area contributed by atoms with Crippen LogP contribution in [0.15, 0.2) is 41.3 Å². The molecule has 0 atom stereocenters. The van der Waals surface area contributed by atoms with Gasteiger partial charge in [0.15, 0.2) is 0 Å². The van der Waals surface area contributed by atoms with E-state index < -0.39 is 15.8 Å². The average molecular weight is 308 g/mol. The molecule has 0 fully saturated rings. The van der Waals surface area contributed by atoms with Gasteiger partial charge in [0.2, 0.25) is 0 Å². The lowest BCUT2D eigenvalue weighted by atomic mass is 10.1. The van der Waals surface area contributed by atoms with Gasteiger partial charge in [-0.3, -0.25) is 4.31 Å². The third-order valence-corrected chi connectivity index (χ3v) is 5.08. The third kappa shape index (κ3) is 2.85. The second kappa shape index (κ2) is 5.37. The zero-order valence-corrected chi connectivity index (χ0v) is 12.9. The van der Waals surface area contributed by atoms with E-state index in [9.17, 15) is 12.8 Å². The molecule has 0 aliphatic rings. The lowest BCUT2D eigenvalue weighted by molar-refractivity contribution is 0.593. The van der Waals surface area contributed by atoms with Crippen molar-refractivity contribution in [3.63, 3.8) is 0 Å². The molecule has 0 aliphatic carbocycles. The fourth-order valence-corrected chi connectivity index (χ4v) is 3.42. The topological polar surface area (TPSA) is 63.4 Å². The number of anilines is 2. The van der Waals surface area contributed by atoms with Gasteiger partial charge in [0, 0.05) is 7.05 Å². The minimum absolute atomic E-state index is 0.0381. The van der Waals surface area contributed by atoms with Crippen LogP contribution in [0.25, 0.3) is 0 Å². The summed E-state index contributed by atoms with van der Waals surface area (Å²) in [5.41, 5.74) is 7.72. The van der Waals surface area contributed by atoms with Crippen LogP contribution < -0.4 is 10.0 Å². The van der Waals surface area contributed by atoms with E-state index in [1.165, 1.54) is 17.4 Å². The molecule has 0 unspecified atom stereocenters. The minimum atomic E-state index is -3.78. The van der Waals surface area contributed by atoms with Crippen molar-refractivity contribution >= 4 is 21.4 Å². The number of nitrogen functional groups attached to an aromatic ring is 1. The molecule has 2 rings (SSSR count). The van der Waals surface area contributed by atoms with Crippen molar-refractivity contribution in [3.05, 3.63) is 53.3 Å². The maximum atomic E-state index is 13.2. The van der Waals surface area contributed by atoms with E-state index in [2.05, 4.69) is 0 Å². The Labute approximate surface area is 124 Å². The van der Waals surface area contributed by atoms with Crippen LogP contribution in [-0.4, -0.2) is 15.5 Å². The molecule has 2 aromatic rings. The van der Waals surface area contributed by atoms with Gasteiger partial charge in [-0.05, 0) is 43.7 Å². The van der Waals surface area contributed by atoms with E-state index >= 15 is 0 Å². The van der Waals surface area contributed by atoms with Gasteiger partial charge in [0.1, 0.15) is 5.82 Å². The summed E-state index contributed by atoms with van der Waals surface area (Å²) >= 11 is 0. The van der Waals surface area contributed by atoms with Crippen molar-refractivity contribution in [2.75, 3.05) is 17.1 Å². The van der Waals surface area contributed by atoms with Crippen LogP contribution >= 0.6 is 0 Å². The average Bonchev–Trinajstić information content (AvgIpc) is 2.41. The highest BCUT2D eigenvalue weighted by Gasteiger charge is 2.23. The zero-order chi connectivity index (χ0) is 15.8. The molecule has 6 heteroatoms. The molecule has 0 saturated heterocycles. The molecule has 0 amide bonds. The van der Waals surface area contributed by atoms with Crippen molar-refractivity contribution in [2.24, 2.45) is 0 Å². The van der Waals surface area contributed by atoms with Gasteiger partial charge in [-0.25, -0.2) is 12.8 Å². The van der Waals surface area contributed by atoms with Crippen molar-refractivity contribution in [3.8, 4) is 0 Å². The van der Waals surface area contributed by atoms with Crippen LogP contribution in [0.1, 0.15) is 11.1 Å². The Kier molecular flexibility index (Phi) is 3.91. The van der Waals surface area contributed by atoms with E-state index in [1.807, 2.05) is 26.0 Å². The molecule has 0 spiro atoms. The Bertz CT molecular complexity index is 788. The van der Waals surface area contributed by atoms with Crippen molar-refractivity contribution in [1.29, 1.82) is 0 Å². The lowest BCUT2D eigenvalue weighted by Gasteiger charge is -2.22. The fourth-order valence-electron chi connectivity index (χ4n) is 2.13. The van der Waals surface area contributed by atoms with Crippen LogP contribution in [0.5, 0.6) is 0 Å². The summed E-state index contributed by atoms with van der Waals surface area (Å²) in [5.74, 6) is -0.636. The Morgan fingerprint density at radius 2 is 1.76 bits per heavy atom. The lowest BCUT2D eigenvalue weighted by Crippen LogP contribution is -2.27. The number of nitrogens with two attached hydrogens (primary N) is 1. The Balaban J connectivity index is 2.49. The SMILES string of the molecule is Cc1ccc(N(C)S(=O)(=O)c2ccc(F)c(N)c2)c(C)c1. The molecular formula is C15H17FN2O2S. The highest BCUT2D eigenvalue weighted by molar-refractivity contribution is 7.92. The Morgan fingerprint density at radius 3 is 2.33 bits per heavy atom. The summed E-state index contributed by atoms with van der Waals surface area (Å²) < 4.78 is 39.5. The maximum absolute atomic E-state index is 13.2. The van der Waals surface area contributed by atoms with Crippen LogP contribution in [0.2, 0.25) is 0 Å². The number of sulfonamides is 1. The Hall–Kier alpha value is -2.08. The smallest absolute Gasteiger partial charge is 0.264 e. The molecule has 21 heavy (non-hydrogen) atoms. The molecule has 112 valence electrons. The number of benzene rings is 2. The number of nitrogens with zero attached hydrogens (tertiary/aromatic N) is 1. The number of rotatable bonds is 3. The molecule has 0 heterocycles. The highest BCUT2D eigenvalue weighted by Crippen LogP contribution is 2.27. The minimum Gasteiger partial charge on any atom is -0.396 e. The monoisotopic (exact) mass is 308 g/mol. The summed E-state index contributed by atoms with van der Waals surface area (Å²) in [4.78, 5) is -0.0381. The standard InChI is InChI=1S/C15H17FN2O2S/c1-10-4-7-15(11(2)8-10)18(3)21(19,20)12-5-6-13(16)14(17)9-12/h4-9H,17H2,1-3H3. The van der Waals surface area contributed by atoms with Crippen molar-refractivity contribution in [2.45, 2.75) is 18.7 Å². The van der Waals surface area contributed by atoms with Crippen LogP contribution in [0, 0.1) is 19.7 Å². The predicted molar refractivity (Wildman–Crippen MR) is 82.3 cm³/mol. The highest BCUT2D eigenvalue weighted by atomic mass is 32.2. The van der Waals surface area contributed by atoms with Gasteiger partial charge in [-0.1, -0.05) is 17.7 Å². The van der Waals surface area contributed by atoms with E-state index in [0.29, 0.717) is 5.69 Å².